The Balaban J connectivity index is 0.000000204. The Morgan fingerprint density at radius 2 is 0.780 bits per heavy atom. The second kappa shape index (κ2) is 41.6. The third kappa shape index (κ3) is 24.1. The maximum absolute atomic E-state index is 12.8. The molecule has 3 amide bonds. The SMILES string of the molecule is CN(Cc1ccccc1)C(=O)CCc1c(-c2ccc(O[C@H]3CCC[C@H](C(=O)O)C3)cc2)nnn1C.COC(=O)[C@H]1CCC[C@H](Oc2ccc(-c3nnn(C)c3/C=C/C(=O)N(C)Cc3ccccc3)cc2)C1.COC(=O)[C@H]1CCC[C@H](Oc2ccc(-c3nnn(C)c3CCC(=O)N(C)Cc3ccccc3)cc2)C1.[Li+].[OH-]. The zero-order chi connectivity index (χ0) is 75.8. The molecular weight excluding hydrogens is 1380 g/mol. The molecule has 6 aromatic carbocycles. The van der Waals surface area contributed by atoms with Crippen molar-refractivity contribution in [3.05, 3.63) is 204 Å². The number of esters is 2. The number of benzene rings is 6. The summed E-state index contributed by atoms with van der Waals surface area (Å²) in [6.07, 6.45) is 14.8. The fourth-order valence-corrected chi connectivity index (χ4v) is 13.8. The zero-order valence-corrected chi connectivity index (χ0v) is 63.9. The zero-order valence-electron chi connectivity index (χ0n) is 63.9. The van der Waals surface area contributed by atoms with Crippen LogP contribution >= 0.6 is 0 Å². The van der Waals surface area contributed by atoms with Crippen molar-refractivity contribution in [1.82, 2.24) is 59.7 Å². The van der Waals surface area contributed by atoms with Gasteiger partial charge in [0.25, 0.3) is 0 Å². The van der Waals surface area contributed by atoms with E-state index in [9.17, 15) is 33.9 Å². The molecule has 3 aliphatic carbocycles. The number of carboxylic acids is 1. The van der Waals surface area contributed by atoms with E-state index in [0.717, 1.165) is 125 Å². The quantitative estimate of drug-likeness (QED) is 0.0300. The standard InChI is InChI=1S/C28H34N4O4.C28H32N4O4.C27H32N4O4.Li.H2O/c2*1-31(19-20-8-5-4-6-9-20)26(33)17-16-25-27(29-30-32(25)2)21-12-14-23(15-13-21)36-24-11-7-10-22(18-24)28(34)35-3;1-30(18-19-7-4-3-5-8-19)25(32)16-15-24-26(28-29-31(24)2)20-11-13-22(14-12-20)35-23-10-6-9-21(17-23)27(33)34;;/h4-6,8-9,12-15,22,24H,7,10-11,16-19H2,1-3H3;4-6,8-9,12-17,22,24H,7,10-11,18-19H2,1-3H3;3-5,7-8,11-14,21,23H,6,9-10,15-18H2,1-2H3,(H,33,34);;1H2/q;;;+1;/p-1/b;17-16+;;;/t2*22-,24-;21-,23-;;/m000../s1. The van der Waals surface area contributed by atoms with E-state index in [-0.39, 0.29) is 90.1 Å². The van der Waals surface area contributed by atoms with Gasteiger partial charge in [-0.25, -0.2) is 4.68 Å². The van der Waals surface area contributed by atoms with E-state index in [1.54, 1.807) is 55.0 Å². The predicted octanol–water partition coefficient (Wildman–Crippen LogP) is 9.37. The van der Waals surface area contributed by atoms with E-state index in [4.69, 9.17) is 23.7 Å². The third-order valence-electron chi connectivity index (χ3n) is 19.9. The van der Waals surface area contributed by atoms with Crippen molar-refractivity contribution in [2.45, 2.75) is 141 Å². The topological polar surface area (TPSA) is 301 Å². The Bertz CT molecular complexity index is 4410. The van der Waals surface area contributed by atoms with Crippen LogP contribution in [0.4, 0.5) is 0 Å². The molecule has 9 aromatic rings. The number of ether oxygens (including phenoxy) is 5. The fourth-order valence-electron chi connectivity index (χ4n) is 13.8. The molecule has 109 heavy (non-hydrogen) atoms. The molecule has 2 N–H and O–H groups in total. The fraction of sp³-hybridized carbons (Fsp3) is 0.398. The molecule has 0 aliphatic heterocycles. The van der Waals surface area contributed by atoms with E-state index in [1.165, 1.54) is 14.2 Å². The Labute approximate surface area is 649 Å². The first-order valence-corrected chi connectivity index (χ1v) is 36.7. The Morgan fingerprint density at radius 3 is 1.15 bits per heavy atom. The normalized spacial score (nSPS) is 17.2. The van der Waals surface area contributed by atoms with Crippen LogP contribution in [0.25, 0.3) is 39.8 Å². The minimum atomic E-state index is -0.742. The minimum absolute atomic E-state index is 0. The Morgan fingerprint density at radius 1 is 0.450 bits per heavy atom. The van der Waals surface area contributed by atoms with Crippen molar-refractivity contribution in [3.63, 3.8) is 0 Å². The van der Waals surface area contributed by atoms with Gasteiger partial charge in [-0.15, -0.1) is 15.3 Å². The number of rotatable bonds is 26. The van der Waals surface area contributed by atoms with E-state index in [2.05, 4.69) is 30.9 Å². The predicted molar refractivity (Wildman–Crippen MR) is 406 cm³/mol. The van der Waals surface area contributed by atoms with Crippen LogP contribution in [0.3, 0.4) is 0 Å². The van der Waals surface area contributed by atoms with Gasteiger partial charge < -0.3 is 49.0 Å². The van der Waals surface area contributed by atoms with Crippen molar-refractivity contribution in [1.29, 1.82) is 0 Å². The van der Waals surface area contributed by atoms with E-state index < -0.39 is 5.97 Å². The minimum Gasteiger partial charge on any atom is -0.870 e. The van der Waals surface area contributed by atoms with E-state index >= 15 is 0 Å². The number of aryl methyl sites for hydroxylation is 3. The molecule has 3 heterocycles. The number of amides is 3. The van der Waals surface area contributed by atoms with Gasteiger partial charge in [0.05, 0.1) is 67.4 Å². The maximum atomic E-state index is 12.8. The van der Waals surface area contributed by atoms with Crippen molar-refractivity contribution in [2.24, 2.45) is 38.9 Å². The van der Waals surface area contributed by atoms with Gasteiger partial charge in [0, 0.05) is 110 Å². The van der Waals surface area contributed by atoms with Gasteiger partial charge in [-0.05, 0) is 173 Å². The molecule has 3 aliphatic rings. The van der Waals surface area contributed by atoms with Gasteiger partial charge in [-0.3, -0.25) is 38.1 Å². The molecule has 25 nitrogen and oxygen atoms in total. The van der Waals surface area contributed by atoms with Gasteiger partial charge in [0.1, 0.15) is 34.3 Å². The van der Waals surface area contributed by atoms with Crippen LogP contribution in [-0.4, -0.2) is 160 Å². The number of nitrogens with zero attached hydrogens (tertiary/aromatic N) is 12. The summed E-state index contributed by atoms with van der Waals surface area (Å²) in [5.74, 6) is 0.680. The average Bonchev–Trinajstić information content (AvgIpc) is 1.68. The van der Waals surface area contributed by atoms with Crippen molar-refractivity contribution in [2.75, 3.05) is 35.4 Å². The third-order valence-corrected chi connectivity index (χ3v) is 19.9. The summed E-state index contributed by atoms with van der Waals surface area (Å²) in [6, 6.07) is 52.8. The maximum Gasteiger partial charge on any atom is 1.00 e. The van der Waals surface area contributed by atoms with Gasteiger partial charge in [-0.1, -0.05) is 107 Å². The van der Waals surface area contributed by atoms with Crippen LogP contribution in [-0.2, 0) is 91.9 Å². The monoisotopic (exact) mass is 1480 g/mol. The summed E-state index contributed by atoms with van der Waals surface area (Å²) in [7, 11) is 13.8. The second-order valence-corrected chi connectivity index (χ2v) is 27.7. The van der Waals surface area contributed by atoms with Gasteiger partial charge in [-0.2, -0.15) is 0 Å². The first-order chi connectivity index (χ1) is 51.8. The van der Waals surface area contributed by atoms with Crippen molar-refractivity contribution >= 4 is 41.7 Å². The number of methoxy groups -OCH3 is 2. The number of carbonyl (C=O) groups is 6. The van der Waals surface area contributed by atoms with Gasteiger partial charge in [0.15, 0.2) is 0 Å². The van der Waals surface area contributed by atoms with Crippen LogP contribution in [0.15, 0.2) is 170 Å². The molecule has 12 rings (SSSR count). The summed E-state index contributed by atoms with van der Waals surface area (Å²) in [5.41, 5.74) is 10.7. The van der Waals surface area contributed by atoms with Crippen LogP contribution in [0.2, 0.25) is 0 Å². The molecule has 3 fully saturated rings. The summed E-state index contributed by atoms with van der Waals surface area (Å²) in [6.45, 7) is 1.69. The molecular formula is C83H99LiN12O13. The number of aromatic nitrogens is 9. The Kier molecular flexibility index (Phi) is 32.0. The summed E-state index contributed by atoms with van der Waals surface area (Å²) in [5, 5.41) is 34.8. The number of hydrogen-bond donors (Lipinski definition) is 1. The smallest absolute Gasteiger partial charge is 0.870 e. The first-order valence-electron chi connectivity index (χ1n) is 36.7. The molecule has 0 radical (unpaired) electrons. The Hall–Kier alpha value is -10.7. The average molecular weight is 1480 g/mol. The number of hydrogen-bond acceptors (Lipinski definition) is 18. The van der Waals surface area contributed by atoms with Gasteiger partial charge in [0.2, 0.25) is 17.7 Å². The summed E-state index contributed by atoms with van der Waals surface area (Å²) >= 11 is 0. The molecule has 0 saturated heterocycles. The number of aliphatic carboxylic acids is 1. The van der Waals surface area contributed by atoms with Crippen LogP contribution < -0.4 is 33.1 Å². The second-order valence-electron chi connectivity index (χ2n) is 27.7. The van der Waals surface area contributed by atoms with Crippen LogP contribution in [0, 0.1) is 17.8 Å². The first kappa shape index (κ1) is 83.9. The van der Waals surface area contributed by atoms with Crippen LogP contribution in [0.1, 0.15) is 124 Å². The summed E-state index contributed by atoms with van der Waals surface area (Å²) < 4.78 is 33.3. The summed E-state index contributed by atoms with van der Waals surface area (Å²) in [4.78, 5) is 78.4. The number of carbonyl (C=O) groups excluding carboxylic acids is 5. The number of carboxylic acid groups (broad SMARTS) is 1. The number of likely N-dealkylation sites (N-methyl/N-ethyl adjacent to an activating group) is 1. The van der Waals surface area contributed by atoms with Crippen molar-refractivity contribution < 1.29 is 81.9 Å². The van der Waals surface area contributed by atoms with Gasteiger partial charge >= 0.3 is 36.8 Å². The van der Waals surface area contributed by atoms with Crippen molar-refractivity contribution in [3.8, 4) is 51.0 Å². The molecule has 0 bridgehead atoms. The molecule has 26 heteroatoms. The van der Waals surface area contributed by atoms with Crippen LogP contribution in [0.5, 0.6) is 17.2 Å². The largest absolute Gasteiger partial charge is 1.00 e. The molecule has 570 valence electrons. The molecule has 3 aromatic heterocycles. The van der Waals surface area contributed by atoms with E-state index in [1.807, 2.05) is 192 Å². The molecule has 6 atom stereocenters. The van der Waals surface area contributed by atoms with E-state index in [0.29, 0.717) is 82.4 Å². The molecule has 0 unspecified atom stereocenters. The molecule has 3 saturated carbocycles. The molecule has 0 spiro atoms.